The summed E-state index contributed by atoms with van der Waals surface area (Å²) in [7, 11) is 0. The van der Waals surface area contributed by atoms with Crippen molar-refractivity contribution >= 4 is 16.7 Å². The average Bonchev–Trinajstić information content (AvgIpc) is 2.93. The minimum atomic E-state index is 0.179. The maximum Gasteiger partial charge on any atom is 0.205 e. The zero-order valence-corrected chi connectivity index (χ0v) is 13.5. The van der Waals surface area contributed by atoms with Gasteiger partial charge in [0.15, 0.2) is 0 Å². The molecule has 1 aromatic heterocycles. The molecule has 5 heteroatoms. The first-order valence-electron chi connectivity index (χ1n) is 7.22. The lowest BCUT2D eigenvalue weighted by atomic mass is 10.1. The third kappa shape index (κ3) is 3.89. The maximum absolute atomic E-state index is 4.69. The molecule has 0 radical (unpaired) electrons. The fraction of sp³-hybridized carbons (Fsp3) is 0.857. The lowest BCUT2D eigenvalue weighted by molar-refractivity contribution is 0.405. The maximum atomic E-state index is 4.69. The third-order valence-corrected chi connectivity index (χ3v) is 4.21. The Hall–Kier alpha value is -0.680. The van der Waals surface area contributed by atoms with Gasteiger partial charge in [-0.25, -0.2) is 4.98 Å². The fourth-order valence-corrected chi connectivity index (χ4v) is 3.21. The smallest absolute Gasteiger partial charge is 0.205 e. The Morgan fingerprint density at radius 1 is 1.42 bits per heavy atom. The zero-order chi connectivity index (χ0) is 14.0. The summed E-state index contributed by atoms with van der Waals surface area (Å²) in [6, 6.07) is 0.562. The van der Waals surface area contributed by atoms with E-state index < -0.39 is 0 Å². The summed E-state index contributed by atoms with van der Waals surface area (Å²) >= 11 is 1.55. The number of anilines is 1. The largest absolute Gasteiger partial charge is 0.343 e. The summed E-state index contributed by atoms with van der Waals surface area (Å²) in [4.78, 5) is 7.12. The van der Waals surface area contributed by atoms with E-state index in [0.29, 0.717) is 12.0 Å². The second-order valence-electron chi connectivity index (χ2n) is 6.71. The molecule has 1 unspecified atom stereocenters. The van der Waals surface area contributed by atoms with Gasteiger partial charge in [-0.1, -0.05) is 13.8 Å². The van der Waals surface area contributed by atoms with Crippen molar-refractivity contribution in [3.05, 3.63) is 5.82 Å². The first kappa shape index (κ1) is 14.7. The number of nitrogens with one attached hydrogen (secondary N) is 1. The van der Waals surface area contributed by atoms with Crippen LogP contribution in [-0.2, 0) is 0 Å². The van der Waals surface area contributed by atoms with Crippen LogP contribution in [0.25, 0.3) is 0 Å². The van der Waals surface area contributed by atoms with Crippen molar-refractivity contribution in [1.82, 2.24) is 14.7 Å². The van der Waals surface area contributed by atoms with Crippen molar-refractivity contribution in [2.45, 2.75) is 65.0 Å². The van der Waals surface area contributed by atoms with E-state index in [9.17, 15) is 0 Å². The van der Waals surface area contributed by atoms with Gasteiger partial charge >= 0.3 is 0 Å². The highest BCUT2D eigenvalue weighted by atomic mass is 32.1. The quantitative estimate of drug-likeness (QED) is 0.921. The molecule has 1 atom stereocenters. The summed E-state index contributed by atoms with van der Waals surface area (Å²) in [5.41, 5.74) is 0.179. The molecule has 0 amide bonds. The van der Waals surface area contributed by atoms with Gasteiger partial charge in [0, 0.05) is 42.1 Å². The van der Waals surface area contributed by atoms with Crippen LogP contribution in [0.3, 0.4) is 0 Å². The van der Waals surface area contributed by atoms with Crippen LogP contribution in [0.1, 0.15) is 59.2 Å². The average molecular weight is 282 g/mol. The fourth-order valence-electron chi connectivity index (χ4n) is 2.30. The topological polar surface area (TPSA) is 41.1 Å². The van der Waals surface area contributed by atoms with Crippen molar-refractivity contribution in [1.29, 1.82) is 0 Å². The van der Waals surface area contributed by atoms with E-state index in [1.54, 1.807) is 11.5 Å². The van der Waals surface area contributed by atoms with Crippen LogP contribution in [0.5, 0.6) is 0 Å². The molecule has 2 rings (SSSR count). The van der Waals surface area contributed by atoms with Crippen molar-refractivity contribution in [3.63, 3.8) is 0 Å². The highest BCUT2D eigenvalue weighted by Gasteiger charge is 2.28. The molecular weight excluding hydrogens is 256 g/mol. The van der Waals surface area contributed by atoms with Crippen LogP contribution < -0.4 is 10.2 Å². The van der Waals surface area contributed by atoms with Crippen LogP contribution in [0.2, 0.25) is 0 Å². The molecule has 19 heavy (non-hydrogen) atoms. The number of nitrogens with zero attached hydrogens (tertiary/aromatic N) is 3. The second-order valence-corrected chi connectivity index (χ2v) is 7.44. The van der Waals surface area contributed by atoms with Crippen LogP contribution in [0.4, 0.5) is 5.13 Å². The number of hydrogen-bond acceptors (Lipinski definition) is 5. The zero-order valence-electron chi connectivity index (χ0n) is 12.7. The first-order chi connectivity index (χ1) is 8.87. The van der Waals surface area contributed by atoms with Crippen LogP contribution in [-0.4, -0.2) is 34.0 Å². The summed E-state index contributed by atoms with van der Waals surface area (Å²) < 4.78 is 4.47. The number of rotatable bonds is 4. The molecule has 1 saturated heterocycles. The highest BCUT2D eigenvalue weighted by molar-refractivity contribution is 7.09. The van der Waals surface area contributed by atoms with E-state index >= 15 is 0 Å². The lowest BCUT2D eigenvalue weighted by Gasteiger charge is -2.28. The molecule has 1 N–H and O–H groups in total. The summed E-state index contributed by atoms with van der Waals surface area (Å²) in [6.07, 6.45) is 2.51. The normalized spacial score (nSPS) is 20.5. The molecule has 1 aromatic rings. The lowest BCUT2D eigenvalue weighted by Crippen LogP contribution is -2.45. The Morgan fingerprint density at radius 3 is 2.74 bits per heavy atom. The minimum absolute atomic E-state index is 0.179. The van der Waals surface area contributed by atoms with Crippen molar-refractivity contribution in [2.24, 2.45) is 0 Å². The summed E-state index contributed by atoms with van der Waals surface area (Å²) in [5.74, 6) is 1.40. The third-order valence-electron chi connectivity index (χ3n) is 3.44. The Bertz CT molecular complexity index is 408. The number of hydrogen-bond donors (Lipinski definition) is 1. The van der Waals surface area contributed by atoms with Gasteiger partial charge in [0.1, 0.15) is 5.82 Å². The molecule has 1 fully saturated rings. The van der Waals surface area contributed by atoms with E-state index in [1.165, 1.54) is 12.8 Å². The van der Waals surface area contributed by atoms with Gasteiger partial charge in [-0.2, -0.15) is 4.37 Å². The summed E-state index contributed by atoms with van der Waals surface area (Å²) in [5, 5.41) is 4.71. The van der Waals surface area contributed by atoms with E-state index in [4.69, 9.17) is 4.98 Å². The molecule has 0 aromatic carbocycles. The molecule has 0 spiro atoms. The predicted molar refractivity (Wildman–Crippen MR) is 82.1 cm³/mol. The molecule has 0 bridgehead atoms. The van der Waals surface area contributed by atoms with E-state index in [-0.39, 0.29) is 5.54 Å². The second kappa shape index (κ2) is 5.75. The van der Waals surface area contributed by atoms with Crippen LogP contribution in [0, 0.1) is 0 Å². The van der Waals surface area contributed by atoms with Gasteiger partial charge in [0.05, 0.1) is 0 Å². The monoisotopic (exact) mass is 282 g/mol. The molecule has 4 nitrogen and oxygen atoms in total. The van der Waals surface area contributed by atoms with Gasteiger partial charge < -0.3 is 10.2 Å². The SMILES string of the molecule is CC(C)c1nsc(N2CCCC2CNC(C)(C)C)n1. The Balaban J connectivity index is 2.01. The highest BCUT2D eigenvalue weighted by Crippen LogP contribution is 2.28. The van der Waals surface area contributed by atoms with Gasteiger partial charge in [0.25, 0.3) is 0 Å². The molecule has 1 aliphatic heterocycles. The standard InChI is InChI=1S/C14H26N4S/c1-10(2)12-16-13(19-17-12)18-8-6-7-11(18)9-15-14(3,4)5/h10-11,15H,6-9H2,1-5H3. The molecule has 108 valence electrons. The van der Waals surface area contributed by atoms with E-state index in [0.717, 1.165) is 24.0 Å². The van der Waals surface area contributed by atoms with Crippen molar-refractivity contribution in [3.8, 4) is 0 Å². The van der Waals surface area contributed by atoms with Crippen molar-refractivity contribution in [2.75, 3.05) is 18.0 Å². The van der Waals surface area contributed by atoms with Gasteiger partial charge in [-0.05, 0) is 33.6 Å². The van der Waals surface area contributed by atoms with Gasteiger partial charge in [-0.3, -0.25) is 0 Å². The van der Waals surface area contributed by atoms with E-state index in [2.05, 4.69) is 49.2 Å². The Morgan fingerprint density at radius 2 is 2.16 bits per heavy atom. The van der Waals surface area contributed by atoms with Gasteiger partial charge in [0.2, 0.25) is 5.13 Å². The Labute approximate surface area is 120 Å². The van der Waals surface area contributed by atoms with Crippen LogP contribution >= 0.6 is 11.5 Å². The Kier molecular flexibility index (Phi) is 4.46. The minimum Gasteiger partial charge on any atom is -0.343 e. The molecule has 0 saturated carbocycles. The van der Waals surface area contributed by atoms with Crippen LogP contribution in [0.15, 0.2) is 0 Å². The van der Waals surface area contributed by atoms with Gasteiger partial charge in [-0.15, -0.1) is 0 Å². The molecular formula is C14H26N4S. The molecule has 1 aliphatic rings. The van der Waals surface area contributed by atoms with E-state index in [1.807, 2.05) is 0 Å². The van der Waals surface area contributed by atoms with Crippen molar-refractivity contribution < 1.29 is 0 Å². The summed E-state index contributed by atoms with van der Waals surface area (Å²) in [6.45, 7) is 13.1. The molecule has 0 aliphatic carbocycles. The predicted octanol–water partition coefficient (Wildman–Crippen LogP) is 3.02. The molecule has 2 heterocycles. The first-order valence-corrected chi connectivity index (χ1v) is 7.99. The number of aromatic nitrogens is 2.